The molecular weight excluding hydrogens is 266 g/mol. The zero-order valence-electron chi connectivity index (χ0n) is 9.79. The third kappa shape index (κ3) is 2.25. The second kappa shape index (κ2) is 4.38. The molecular formula is C13H18BrNO. The smallest absolute Gasteiger partial charge is 0.126 e. The Balaban J connectivity index is 2.34. The maximum absolute atomic E-state index is 6.21. The molecule has 16 heavy (non-hydrogen) atoms. The first-order valence-corrected chi connectivity index (χ1v) is 6.57. The predicted molar refractivity (Wildman–Crippen MR) is 69.6 cm³/mol. The summed E-state index contributed by atoms with van der Waals surface area (Å²) < 4.78 is 7.14. The fourth-order valence-electron chi connectivity index (χ4n) is 2.47. The molecule has 3 heteroatoms. The highest BCUT2D eigenvalue weighted by Gasteiger charge is 2.34. The Kier molecular flexibility index (Phi) is 3.27. The molecule has 1 aromatic rings. The molecule has 1 aliphatic heterocycles. The van der Waals surface area contributed by atoms with Crippen LogP contribution in [-0.2, 0) is 0 Å². The minimum Gasteiger partial charge on any atom is -0.487 e. The van der Waals surface area contributed by atoms with Gasteiger partial charge in [-0.05, 0) is 25.5 Å². The highest BCUT2D eigenvalue weighted by molar-refractivity contribution is 9.10. The van der Waals surface area contributed by atoms with Gasteiger partial charge in [-0.15, -0.1) is 0 Å². The molecule has 0 saturated heterocycles. The van der Waals surface area contributed by atoms with Gasteiger partial charge in [0, 0.05) is 22.5 Å². The van der Waals surface area contributed by atoms with Crippen LogP contribution in [0.3, 0.4) is 0 Å². The zero-order valence-corrected chi connectivity index (χ0v) is 11.4. The van der Waals surface area contributed by atoms with Crippen molar-refractivity contribution in [2.24, 2.45) is 5.73 Å². The molecule has 2 nitrogen and oxygen atoms in total. The first-order valence-electron chi connectivity index (χ1n) is 5.78. The molecule has 1 heterocycles. The summed E-state index contributed by atoms with van der Waals surface area (Å²) in [7, 11) is 0. The summed E-state index contributed by atoms with van der Waals surface area (Å²) in [5, 5.41) is 0. The van der Waals surface area contributed by atoms with Gasteiger partial charge in [-0.2, -0.15) is 0 Å². The van der Waals surface area contributed by atoms with E-state index in [1.54, 1.807) is 0 Å². The fourth-order valence-corrected chi connectivity index (χ4v) is 2.81. The van der Waals surface area contributed by atoms with Gasteiger partial charge in [0.25, 0.3) is 0 Å². The zero-order chi connectivity index (χ0) is 11.8. The van der Waals surface area contributed by atoms with E-state index in [-0.39, 0.29) is 11.6 Å². The number of hydrogen-bond acceptors (Lipinski definition) is 2. The van der Waals surface area contributed by atoms with Crippen molar-refractivity contribution in [3.63, 3.8) is 0 Å². The SMILES string of the molecule is CCCC1(C)C[C@H](N)c2ccc(Br)cc2O1. The summed E-state index contributed by atoms with van der Waals surface area (Å²) in [4.78, 5) is 0. The molecule has 1 unspecified atom stereocenters. The molecule has 1 aliphatic rings. The van der Waals surface area contributed by atoms with Crippen LogP contribution in [0.15, 0.2) is 22.7 Å². The average molecular weight is 284 g/mol. The lowest BCUT2D eigenvalue weighted by Gasteiger charge is -2.38. The lowest BCUT2D eigenvalue weighted by Crippen LogP contribution is -2.40. The highest BCUT2D eigenvalue weighted by Crippen LogP contribution is 2.41. The van der Waals surface area contributed by atoms with Crippen LogP contribution < -0.4 is 10.5 Å². The van der Waals surface area contributed by atoms with E-state index in [2.05, 4.69) is 35.8 Å². The van der Waals surface area contributed by atoms with E-state index in [4.69, 9.17) is 10.5 Å². The van der Waals surface area contributed by atoms with Crippen LogP contribution >= 0.6 is 15.9 Å². The minimum absolute atomic E-state index is 0.0911. The van der Waals surface area contributed by atoms with Gasteiger partial charge in [0.05, 0.1) is 0 Å². The van der Waals surface area contributed by atoms with Crippen LogP contribution in [0.25, 0.3) is 0 Å². The van der Waals surface area contributed by atoms with Gasteiger partial charge in [0.1, 0.15) is 11.4 Å². The van der Waals surface area contributed by atoms with Crippen molar-refractivity contribution < 1.29 is 4.74 Å². The van der Waals surface area contributed by atoms with Crippen LogP contribution in [0.1, 0.15) is 44.7 Å². The Morgan fingerprint density at radius 3 is 3.00 bits per heavy atom. The Morgan fingerprint density at radius 1 is 1.56 bits per heavy atom. The lowest BCUT2D eigenvalue weighted by molar-refractivity contribution is 0.0448. The second-order valence-corrected chi connectivity index (χ2v) is 5.71. The van der Waals surface area contributed by atoms with Crippen molar-refractivity contribution in [1.29, 1.82) is 0 Å². The quantitative estimate of drug-likeness (QED) is 0.896. The van der Waals surface area contributed by atoms with Gasteiger partial charge in [0.15, 0.2) is 0 Å². The Bertz CT molecular complexity index is 394. The van der Waals surface area contributed by atoms with E-state index in [1.807, 2.05) is 12.1 Å². The maximum atomic E-state index is 6.21. The Morgan fingerprint density at radius 2 is 2.31 bits per heavy atom. The molecule has 0 aromatic heterocycles. The topological polar surface area (TPSA) is 35.2 Å². The first kappa shape index (κ1) is 11.9. The number of rotatable bonds is 2. The third-order valence-corrected chi connectivity index (χ3v) is 3.66. The molecule has 0 aliphatic carbocycles. The van der Waals surface area contributed by atoms with E-state index in [0.29, 0.717) is 0 Å². The number of fused-ring (bicyclic) bond motifs is 1. The van der Waals surface area contributed by atoms with Gasteiger partial charge >= 0.3 is 0 Å². The summed E-state index contributed by atoms with van der Waals surface area (Å²) in [6.07, 6.45) is 3.06. The van der Waals surface area contributed by atoms with Crippen LogP contribution in [0.2, 0.25) is 0 Å². The molecule has 0 fully saturated rings. The van der Waals surface area contributed by atoms with Gasteiger partial charge in [-0.25, -0.2) is 0 Å². The van der Waals surface area contributed by atoms with E-state index in [1.165, 1.54) is 0 Å². The van der Waals surface area contributed by atoms with Crippen LogP contribution in [0, 0.1) is 0 Å². The molecule has 2 N–H and O–H groups in total. The number of benzene rings is 1. The van der Waals surface area contributed by atoms with Crippen molar-refractivity contribution in [3.8, 4) is 5.75 Å². The molecule has 2 atom stereocenters. The van der Waals surface area contributed by atoms with Crippen LogP contribution in [0.5, 0.6) is 5.75 Å². The first-order chi connectivity index (χ1) is 7.54. The largest absolute Gasteiger partial charge is 0.487 e. The van der Waals surface area contributed by atoms with E-state index < -0.39 is 0 Å². The van der Waals surface area contributed by atoms with Gasteiger partial charge in [0.2, 0.25) is 0 Å². The molecule has 2 rings (SSSR count). The van der Waals surface area contributed by atoms with E-state index in [9.17, 15) is 0 Å². The molecule has 0 saturated carbocycles. The predicted octanol–water partition coefficient (Wildman–Crippen LogP) is 3.79. The normalized spacial score (nSPS) is 28.4. The van der Waals surface area contributed by atoms with Crippen molar-refractivity contribution in [3.05, 3.63) is 28.2 Å². The van der Waals surface area contributed by atoms with Crippen LogP contribution in [-0.4, -0.2) is 5.60 Å². The standard InChI is InChI=1S/C13H18BrNO/c1-3-6-13(2)8-11(15)10-5-4-9(14)7-12(10)16-13/h4-5,7,11H,3,6,8,15H2,1-2H3/t11-,13?/m0/s1. The van der Waals surface area contributed by atoms with Gasteiger partial charge in [-0.1, -0.05) is 35.3 Å². The molecule has 88 valence electrons. The minimum atomic E-state index is -0.109. The second-order valence-electron chi connectivity index (χ2n) is 4.79. The van der Waals surface area contributed by atoms with Gasteiger partial charge in [-0.3, -0.25) is 0 Å². The average Bonchev–Trinajstić information content (AvgIpc) is 2.15. The number of halogens is 1. The fraction of sp³-hybridized carbons (Fsp3) is 0.538. The highest BCUT2D eigenvalue weighted by atomic mass is 79.9. The summed E-state index contributed by atoms with van der Waals surface area (Å²) >= 11 is 3.47. The molecule has 0 amide bonds. The van der Waals surface area contributed by atoms with Gasteiger partial charge < -0.3 is 10.5 Å². The number of hydrogen-bond donors (Lipinski definition) is 1. The van der Waals surface area contributed by atoms with Crippen molar-refractivity contribution in [2.45, 2.75) is 44.8 Å². The monoisotopic (exact) mass is 283 g/mol. The third-order valence-electron chi connectivity index (χ3n) is 3.16. The molecule has 1 aromatic carbocycles. The summed E-state index contributed by atoms with van der Waals surface area (Å²) in [6.45, 7) is 4.33. The summed E-state index contributed by atoms with van der Waals surface area (Å²) in [5.41, 5.74) is 7.22. The van der Waals surface area contributed by atoms with E-state index in [0.717, 1.165) is 35.0 Å². The van der Waals surface area contributed by atoms with E-state index >= 15 is 0 Å². The summed E-state index contributed by atoms with van der Waals surface area (Å²) in [6, 6.07) is 6.18. The van der Waals surface area contributed by atoms with Crippen molar-refractivity contribution in [2.75, 3.05) is 0 Å². The maximum Gasteiger partial charge on any atom is 0.126 e. The molecule has 0 bridgehead atoms. The van der Waals surface area contributed by atoms with Crippen molar-refractivity contribution in [1.82, 2.24) is 0 Å². The Hall–Kier alpha value is -0.540. The molecule has 0 spiro atoms. The van der Waals surface area contributed by atoms with Crippen LogP contribution in [0.4, 0.5) is 0 Å². The summed E-state index contributed by atoms with van der Waals surface area (Å²) in [5.74, 6) is 0.934. The molecule has 0 radical (unpaired) electrons. The Labute approximate surface area is 105 Å². The number of nitrogens with two attached hydrogens (primary N) is 1. The number of ether oxygens (including phenoxy) is 1. The lowest BCUT2D eigenvalue weighted by atomic mass is 9.86. The van der Waals surface area contributed by atoms with Crippen molar-refractivity contribution >= 4 is 15.9 Å².